The molecule has 0 aromatic carbocycles. The number of nitrogens with zero attached hydrogens (tertiary/aromatic N) is 4. The van der Waals surface area contributed by atoms with Crippen molar-refractivity contribution in [2.75, 3.05) is 13.1 Å². The lowest BCUT2D eigenvalue weighted by atomic mass is 9.93. The zero-order valence-corrected chi connectivity index (χ0v) is 15.7. The van der Waals surface area contributed by atoms with Crippen molar-refractivity contribution >= 4 is 24.4 Å². The van der Waals surface area contributed by atoms with E-state index >= 15 is 0 Å². The van der Waals surface area contributed by atoms with Gasteiger partial charge in [-0.2, -0.15) is 5.10 Å². The first kappa shape index (κ1) is 18.8. The summed E-state index contributed by atoms with van der Waals surface area (Å²) in [5.74, 6) is -0.509. The number of carbonyl (C=O) groups excluding carboxylic acids is 2. The van der Waals surface area contributed by atoms with Crippen LogP contribution in [0.3, 0.4) is 0 Å². The van der Waals surface area contributed by atoms with E-state index in [1.165, 1.54) is 12.3 Å². The van der Waals surface area contributed by atoms with Gasteiger partial charge < -0.3 is 14.6 Å². The molecule has 144 valence electrons. The zero-order valence-electron chi connectivity index (χ0n) is 15.7. The molecule has 1 saturated heterocycles. The Morgan fingerprint density at radius 3 is 2.59 bits per heavy atom. The van der Waals surface area contributed by atoms with Gasteiger partial charge in [0.2, 0.25) is 0 Å². The Bertz CT molecular complexity index is 945. The normalized spacial score (nSPS) is 15.7. The van der Waals surface area contributed by atoms with Gasteiger partial charge in [-0.15, -0.1) is 0 Å². The molecule has 27 heavy (non-hydrogen) atoms. The number of aromatic amines is 1. The lowest BCUT2D eigenvalue weighted by Crippen LogP contribution is -2.41. The third-order valence-electron chi connectivity index (χ3n) is 4.47. The minimum atomic E-state index is -0.544. The first-order chi connectivity index (χ1) is 12.7. The van der Waals surface area contributed by atoms with Crippen LogP contribution in [-0.2, 0) is 4.74 Å². The number of ether oxygens (including phenoxy) is 1. The second kappa shape index (κ2) is 6.98. The number of carbonyl (C=O) groups is 2. The highest BCUT2D eigenvalue weighted by Gasteiger charge is 2.29. The number of hydrogen-bond acceptors (Lipinski definition) is 5. The fourth-order valence-corrected chi connectivity index (χ4v) is 3.23. The van der Waals surface area contributed by atoms with Crippen molar-refractivity contribution in [1.82, 2.24) is 19.5 Å². The monoisotopic (exact) mass is 373 g/mol. The Labute approximate surface area is 156 Å². The van der Waals surface area contributed by atoms with E-state index < -0.39 is 11.5 Å². The quantitative estimate of drug-likeness (QED) is 0.810. The van der Waals surface area contributed by atoms with Gasteiger partial charge >= 0.3 is 6.09 Å². The molecule has 9 nitrogen and oxygen atoms in total. The number of likely N-dealkylation sites (tertiary alicyclic amines) is 1. The summed E-state index contributed by atoms with van der Waals surface area (Å²) in [6.45, 7) is 9.77. The molecule has 0 atom stereocenters. The summed E-state index contributed by atoms with van der Waals surface area (Å²) >= 11 is 0. The van der Waals surface area contributed by atoms with Crippen LogP contribution in [0.5, 0.6) is 0 Å². The predicted octanol–water partition coefficient (Wildman–Crippen LogP) is 1.98. The molecule has 0 radical (unpaired) electrons. The summed E-state index contributed by atoms with van der Waals surface area (Å²) in [6.07, 6.45) is 2.38. The molecule has 0 bridgehead atoms. The number of piperidine rings is 1. The molecule has 3 rings (SSSR count). The standard InChI is InChI=1S/C18H23N5O4/c1-18(2,3)27-17(26)22-7-5-11(6-8-22)13-9-14(24)21-15-12(16(25)19-4)10-20-23(13)15/h9-11H,4-8H2,1-3H3,(H,21,24). The van der Waals surface area contributed by atoms with Gasteiger partial charge in [-0.05, 0) is 40.3 Å². The highest BCUT2D eigenvalue weighted by Crippen LogP contribution is 2.28. The van der Waals surface area contributed by atoms with Crippen LogP contribution in [-0.4, -0.2) is 56.9 Å². The Kier molecular flexibility index (Phi) is 4.86. The molecule has 0 spiro atoms. The second-order valence-electron chi connectivity index (χ2n) is 7.58. The van der Waals surface area contributed by atoms with Crippen molar-refractivity contribution in [1.29, 1.82) is 0 Å². The number of aliphatic imine (C=N–C) groups is 1. The Morgan fingerprint density at radius 1 is 1.33 bits per heavy atom. The van der Waals surface area contributed by atoms with E-state index in [1.54, 1.807) is 9.42 Å². The van der Waals surface area contributed by atoms with Crippen molar-refractivity contribution in [2.24, 2.45) is 4.99 Å². The van der Waals surface area contributed by atoms with E-state index in [2.05, 4.69) is 21.8 Å². The molecule has 1 N–H and O–H groups in total. The molecule has 9 heteroatoms. The highest BCUT2D eigenvalue weighted by atomic mass is 16.6. The molecule has 1 aliphatic rings. The van der Waals surface area contributed by atoms with Crippen LogP contribution < -0.4 is 5.56 Å². The number of nitrogens with one attached hydrogen (secondary N) is 1. The zero-order chi connectivity index (χ0) is 19.8. The van der Waals surface area contributed by atoms with Gasteiger partial charge in [-0.1, -0.05) is 0 Å². The number of rotatable bonds is 2. The van der Waals surface area contributed by atoms with Crippen LogP contribution in [0.1, 0.15) is 55.6 Å². The summed E-state index contributed by atoms with van der Waals surface area (Å²) in [4.78, 5) is 43.9. The maximum absolute atomic E-state index is 12.2. The predicted molar refractivity (Wildman–Crippen MR) is 99.5 cm³/mol. The first-order valence-electron chi connectivity index (χ1n) is 8.79. The third kappa shape index (κ3) is 3.91. The molecule has 2 aromatic rings. The van der Waals surface area contributed by atoms with E-state index in [0.29, 0.717) is 37.3 Å². The third-order valence-corrected chi connectivity index (χ3v) is 4.47. The SMILES string of the molecule is C=NC(=O)c1cnn2c(C3CCN(C(=O)OC(C)(C)C)CC3)cc(=O)[nH]c12. The molecule has 0 aliphatic carbocycles. The molecule has 1 fully saturated rings. The molecule has 2 aromatic heterocycles. The second-order valence-corrected chi connectivity index (χ2v) is 7.58. The largest absolute Gasteiger partial charge is 0.444 e. The molecule has 2 amide bonds. The van der Waals surface area contributed by atoms with Gasteiger partial charge in [0.1, 0.15) is 16.8 Å². The summed E-state index contributed by atoms with van der Waals surface area (Å²) in [5, 5.41) is 4.24. The average Bonchev–Trinajstić information content (AvgIpc) is 3.02. The lowest BCUT2D eigenvalue weighted by Gasteiger charge is -2.33. The fourth-order valence-electron chi connectivity index (χ4n) is 3.23. The Morgan fingerprint density at radius 2 is 2.00 bits per heavy atom. The maximum Gasteiger partial charge on any atom is 0.410 e. The molecule has 0 unspecified atom stereocenters. The van der Waals surface area contributed by atoms with E-state index in [0.717, 1.165) is 0 Å². The van der Waals surface area contributed by atoms with Gasteiger partial charge in [-0.25, -0.2) is 14.3 Å². The smallest absolute Gasteiger partial charge is 0.410 e. The van der Waals surface area contributed by atoms with E-state index in [4.69, 9.17) is 4.74 Å². The van der Waals surface area contributed by atoms with Crippen molar-refractivity contribution in [3.05, 3.63) is 33.9 Å². The number of hydrogen-bond donors (Lipinski definition) is 1. The number of aromatic nitrogens is 3. The number of amides is 2. The van der Waals surface area contributed by atoms with E-state index in [1.807, 2.05) is 20.8 Å². The van der Waals surface area contributed by atoms with Gasteiger partial charge in [-0.3, -0.25) is 9.59 Å². The average molecular weight is 373 g/mol. The minimum Gasteiger partial charge on any atom is -0.444 e. The fraction of sp³-hybridized carbons (Fsp3) is 0.500. The van der Waals surface area contributed by atoms with Gasteiger partial charge in [0, 0.05) is 25.1 Å². The van der Waals surface area contributed by atoms with E-state index in [-0.39, 0.29) is 23.1 Å². The molecule has 3 heterocycles. The van der Waals surface area contributed by atoms with Crippen LogP contribution in [0, 0.1) is 0 Å². The van der Waals surface area contributed by atoms with Gasteiger partial charge in [0.15, 0.2) is 0 Å². The molecule has 0 saturated carbocycles. The van der Waals surface area contributed by atoms with Crippen molar-refractivity contribution in [3.8, 4) is 0 Å². The van der Waals surface area contributed by atoms with Crippen LogP contribution in [0.2, 0.25) is 0 Å². The molecular weight excluding hydrogens is 350 g/mol. The minimum absolute atomic E-state index is 0.0352. The summed E-state index contributed by atoms with van der Waals surface area (Å²) in [5.41, 5.74) is 0.371. The van der Waals surface area contributed by atoms with E-state index in [9.17, 15) is 14.4 Å². The number of fused-ring (bicyclic) bond motifs is 1. The van der Waals surface area contributed by atoms with Crippen LogP contribution >= 0.6 is 0 Å². The molecule has 1 aliphatic heterocycles. The topological polar surface area (TPSA) is 109 Å². The van der Waals surface area contributed by atoms with Crippen LogP contribution in [0.25, 0.3) is 5.65 Å². The maximum atomic E-state index is 12.2. The van der Waals surface area contributed by atoms with Crippen LogP contribution in [0.15, 0.2) is 22.1 Å². The first-order valence-corrected chi connectivity index (χ1v) is 8.79. The number of H-pyrrole nitrogens is 1. The van der Waals surface area contributed by atoms with Crippen molar-refractivity contribution < 1.29 is 14.3 Å². The van der Waals surface area contributed by atoms with Crippen molar-refractivity contribution in [3.63, 3.8) is 0 Å². The highest BCUT2D eigenvalue weighted by molar-refractivity contribution is 6.01. The summed E-state index contributed by atoms with van der Waals surface area (Å²) < 4.78 is 6.97. The molecular formula is C18H23N5O4. The Balaban J connectivity index is 1.82. The summed E-state index contributed by atoms with van der Waals surface area (Å²) in [7, 11) is 0. The lowest BCUT2D eigenvalue weighted by molar-refractivity contribution is 0.0203. The van der Waals surface area contributed by atoms with Gasteiger partial charge in [0.05, 0.1) is 11.9 Å². The van der Waals surface area contributed by atoms with Gasteiger partial charge in [0.25, 0.3) is 11.5 Å². The Hall–Kier alpha value is -2.97. The van der Waals surface area contributed by atoms with Crippen molar-refractivity contribution in [2.45, 2.75) is 45.1 Å². The van der Waals surface area contributed by atoms with Crippen LogP contribution in [0.4, 0.5) is 4.79 Å². The summed E-state index contributed by atoms with van der Waals surface area (Å²) in [6, 6.07) is 1.49.